The molecule has 0 aliphatic carbocycles. The van der Waals surface area contributed by atoms with Crippen LogP contribution in [0.25, 0.3) is 0 Å². The first-order valence-electron chi connectivity index (χ1n) is 13.9. The summed E-state index contributed by atoms with van der Waals surface area (Å²) in [6.45, 7) is 16.7. The molecule has 0 aliphatic heterocycles. The van der Waals surface area contributed by atoms with E-state index >= 15 is 0 Å². The molecule has 0 bridgehead atoms. The molecular formula is C34H48NOP. The highest BCUT2D eigenvalue weighted by Crippen LogP contribution is 2.53. The van der Waals surface area contributed by atoms with Gasteiger partial charge in [-0.25, -0.2) is 0 Å². The summed E-state index contributed by atoms with van der Waals surface area (Å²) in [5.41, 5.74) is 7.96. The van der Waals surface area contributed by atoms with E-state index in [-0.39, 0.29) is 10.6 Å². The molecule has 3 heteroatoms. The Morgan fingerprint density at radius 2 is 1.59 bits per heavy atom. The van der Waals surface area contributed by atoms with Crippen LogP contribution in [0.5, 0.6) is 5.75 Å². The highest BCUT2D eigenvalue weighted by molar-refractivity contribution is 7.49. The quantitative estimate of drug-likeness (QED) is 0.235. The van der Waals surface area contributed by atoms with Gasteiger partial charge in [-0.15, -0.1) is 0 Å². The zero-order valence-electron chi connectivity index (χ0n) is 24.7. The highest BCUT2D eigenvalue weighted by atomic mass is 31.1. The summed E-state index contributed by atoms with van der Waals surface area (Å²) in [7, 11) is 5.00. The van der Waals surface area contributed by atoms with Gasteiger partial charge >= 0.3 is 0 Å². The highest BCUT2D eigenvalue weighted by Gasteiger charge is 2.36. The summed E-state index contributed by atoms with van der Waals surface area (Å²) in [5, 5.41) is 1.47. The first-order chi connectivity index (χ1) is 17.5. The van der Waals surface area contributed by atoms with Crippen LogP contribution in [0.4, 0.5) is 5.69 Å². The maximum Gasteiger partial charge on any atom is 0.126 e. The van der Waals surface area contributed by atoms with E-state index < -0.39 is 0 Å². The van der Waals surface area contributed by atoms with E-state index in [0.717, 1.165) is 18.6 Å². The van der Waals surface area contributed by atoms with Crippen LogP contribution in [0.1, 0.15) is 88.1 Å². The molecule has 0 radical (unpaired) electrons. The molecule has 37 heavy (non-hydrogen) atoms. The SMILES string of the molecule is CCCCC(CC)(Pc1ccc(C)cc1N(C)C)c1cc(C(C)(C)C)cc(C)c1OCc1ccccc1. The molecular weight excluding hydrogens is 469 g/mol. The molecule has 0 amide bonds. The Kier molecular flexibility index (Phi) is 9.87. The zero-order valence-corrected chi connectivity index (χ0v) is 25.7. The molecule has 0 N–H and O–H groups in total. The van der Waals surface area contributed by atoms with Gasteiger partial charge in [-0.05, 0) is 65.7 Å². The van der Waals surface area contributed by atoms with E-state index in [9.17, 15) is 0 Å². The van der Waals surface area contributed by atoms with Gasteiger partial charge in [0.25, 0.3) is 0 Å². The van der Waals surface area contributed by atoms with Crippen molar-refractivity contribution in [1.29, 1.82) is 0 Å². The predicted octanol–water partition coefficient (Wildman–Crippen LogP) is 9.05. The first kappa shape index (κ1) is 29.2. The van der Waals surface area contributed by atoms with Crippen LogP contribution in [0, 0.1) is 13.8 Å². The second-order valence-electron chi connectivity index (χ2n) is 11.8. The van der Waals surface area contributed by atoms with Gasteiger partial charge in [-0.2, -0.15) is 0 Å². The average molecular weight is 518 g/mol. The molecule has 3 rings (SSSR count). The van der Waals surface area contributed by atoms with Crippen molar-refractivity contribution in [3.63, 3.8) is 0 Å². The van der Waals surface area contributed by atoms with E-state index in [1.165, 1.54) is 51.7 Å². The standard InChI is InChI=1S/C34H48NOP/c1-10-12-20-34(11-2,37-31-19-18-25(3)21-30(31)35(8)9)29-23-28(33(5,6)7)22-26(4)32(29)36-24-27-16-14-13-15-17-27/h13-19,21-23,37H,10-12,20,24H2,1-9H3. The van der Waals surface area contributed by atoms with Crippen molar-refractivity contribution in [2.24, 2.45) is 0 Å². The predicted molar refractivity (Wildman–Crippen MR) is 166 cm³/mol. The molecule has 200 valence electrons. The summed E-state index contributed by atoms with van der Waals surface area (Å²) in [4.78, 5) is 2.28. The van der Waals surface area contributed by atoms with E-state index in [0.29, 0.717) is 15.2 Å². The van der Waals surface area contributed by atoms with Crippen molar-refractivity contribution in [2.45, 2.75) is 91.3 Å². The van der Waals surface area contributed by atoms with Crippen molar-refractivity contribution < 1.29 is 4.74 Å². The van der Waals surface area contributed by atoms with Crippen molar-refractivity contribution in [1.82, 2.24) is 0 Å². The van der Waals surface area contributed by atoms with Crippen LogP contribution in [0.2, 0.25) is 0 Å². The van der Waals surface area contributed by atoms with E-state index in [1.807, 2.05) is 0 Å². The Hall–Kier alpha value is -2.31. The smallest absolute Gasteiger partial charge is 0.126 e. The van der Waals surface area contributed by atoms with Gasteiger partial charge in [-0.1, -0.05) is 111 Å². The molecule has 0 spiro atoms. The molecule has 2 atom stereocenters. The average Bonchev–Trinajstić information content (AvgIpc) is 2.86. The summed E-state index contributed by atoms with van der Waals surface area (Å²) < 4.78 is 6.74. The molecule has 2 unspecified atom stereocenters. The second kappa shape index (κ2) is 12.5. The number of hydrogen-bond acceptors (Lipinski definition) is 2. The van der Waals surface area contributed by atoms with Crippen LogP contribution in [0.15, 0.2) is 60.7 Å². The van der Waals surface area contributed by atoms with E-state index in [2.05, 4.69) is 128 Å². The number of benzene rings is 3. The van der Waals surface area contributed by atoms with Gasteiger partial charge in [0, 0.05) is 30.5 Å². The van der Waals surface area contributed by atoms with Crippen molar-refractivity contribution in [3.8, 4) is 5.75 Å². The number of rotatable bonds is 11. The largest absolute Gasteiger partial charge is 0.488 e. The van der Waals surface area contributed by atoms with E-state index in [4.69, 9.17) is 4.74 Å². The fourth-order valence-electron chi connectivity index (χ4n) is 5.06. The van der Waals surface area contributed by atoms with Crippen LogP contribution < -0.4 is 14.9 Å². The summed E-state index contributed by atoms with van der Waals surface area (Å²) in [6, 6.07) is 22.4. The van der Waals surface area contributed by atoms with Gasteiger partial charge in [0.05, 0.1) is 0 Å². The van der Waals surface area contributed by atoms with Gasteiger partial charge in [0.15, 0.2) is 0 Å². The maximum atomic E-state index is 6.74. The minimum atomic E-state index is 0.0219. The van der Waals surface area contributed by atoms with Crippen LogP contribution in [-0.4, -0.2) is 14.1 Å². The fraction of sp³-hybridized carbons (Fsp3) is 0.471. The molecule has 0 saturated heterocycles. The summed E-state index contributed by atoms with van der Waals surface area (Å²) in [6.07, 6.45) is 4.65. The Morgan fingerprint density at radius 3 is 2.19 bits per heavy atom. The van der Waals surface area contributed by atoms with Crippen LogP contribution in [-0.2, 0) is 17.2 Å². The Balaban J connectivity index is 2.21. The number of unbranched alkanes of at least 4 members (excludes halogenated alkanes) is 1. The van der Waals surface area contributed by atoms with Crippen molar-refractivity contribution >= 4 is 19.6 Å². The lowest BCUT2D eigenvalue weighted by molar-refractivity contribution is 0.295. The third kappa shape index (κ3) is 7.17. The molecule has 3 aromatic rings. The number of hydrogen-bond donors (Lipinski definition) is 0. The molecule has 3 aromatic carbocycles. The summed E-state index contributed by atoms with van der Waals surface area (Å²) in [5.74, 6) is 1.08. The third-order valence-electron chi connectivity index (χ3n) is 7.45. The Bertz CT molecular complexity index is 1160. The number of anilines is 1. The second-order valence-corrected chi connectivity index (χ2v) is 13.5. The molecule has 0 fully saturated rings. The lowest BCUT2D eigenvalue weighted by Crippen LogP contribution is -2.27. The Morgan fingerprint density at radius 1 is 0.892 bits per heavy atom. The van der Waals surface area contributed by atoms with Crippen molar-refractivity contribution in [3.05, 3.63) is 88.5 Å². The maximum absolute atomic E-state index is 6.74. The van der Waals surface area contributed by atoms with Crippen LogP contribution >= 0.6 is 8.58 Å². The number of ether oxygens (including phenoxy) is 1. The fourth-order valence-corrected chi connectivity index (χ4v) is 6.96. The van der Waals surface area contributed by atoms with Gasteiger partial charge < -0.3 is 9.64 Å². The third-order valence-corrected chi connectivity index (χ3v) is 9.50. The van der Waals surface area contributed by atoms with E-state index in [1.54, 1.807) is 0 Å². The van der Waals surface area contributed by atoms with Crippen molar-refractivity contribution in [2.75, 3.05) is 19.0 Å². The van der Waals surface area contributed by atoms with Gasteiger partial charge in [-0.3, -0.25) is 0 Å². The molecule has 2 nitrogen and oxygen atoms in total. The Labute approximate surface area is 228 Å². The van der Waals surface area contributed by atoms with Crippen LogP contribution in [0.3, 0.4) is 0 Å². The number of aryl methyl sites for hydroxylation is 2. The molecule has 0 aromatic heterocycles. The first-order valence-corrected chi connectivity index (χ1v) is 14.9. The lowest BCUT2D eigenvalue weighted by Gasteiger charge is -2.38. The molecule has 0 aliphatic rings. The molecule has 0 saturated carbocycles. The topological polar surface area (TPSA) is 12.5 Å². The van der Waals surface area contributed by atoms with Gasteiger partial charge in [0.2, 0.25) is 0 Å². The minimum absolute atomic E-state index is 0.0219. The normalized spacial score (nSPS) is 13.6. The minimum Gasteiger partial charge on any atom is -0.488 e. The monoisotopic (exact) mass is 517 g/mol. The number of nitrogens with zero attached hydrogens (tertiary/aromatic N) is 1. The summed E-state index contributed by atoms with van der Waals surface area (Å²) >= 11 is 0. The lowest BCUT2D eigenvalue weighted by atomic mass is 9.80. The zero-order chi connectivity index (χ0) is 27.2. The molecule has 0 heterocycles. The van der Waals surface area contributed by atoms with Gasteiger partial charge in [0.1, 0.15) is 12.4 Å².